The van der Waals surface area contributed by atoms with Gasteiger partial charge in [0.05, 0.1) is 5.75 Å². The predicted octanol–water partition coefficient (Wildman–Crippen LogP) is 1.08. The zero-order valence-electron chi connectivity index (χ0n) is 15.4. The van der Waals surface area contributed by atoms with Gasteiger partial charge in [0.25, 0.3) is 0 Å². The first kappa shape index (κ1) is 21.2. The summed E-state index contributed by atoms with van der Waals surface area (Å²) in [5, 5.41) is 6.67. The number of hydrogen-bond acceptors (Lipinski definition) is 4. The van der Waals surface area contributed by atoms with E-state index in [2.05, 4.69) is 20.3 Å². The smallest absolute Gasteiger partial charge is 0.211 e. The molecular formula is C16H34N4O3S. The number of aliphatic imine (C=N–C) groups is 1. The molecule has 0 atom stereocenters. The Kier molecular flexibility index (Phi) is 9.61. The molecule has 0 radical (unpaired) electrons. The molecule has 24 heavy (non-hydrogen) atoms. The van der Waals surface area contributed by atoms with Crippen LogP contribution in [0.1, 0.15) is 45.4 Å². The summed E-state index contributed by atoms with van der Waals surface area (Å²) in [5.74, 6) is 0.893. The summed E-state index contributed by atoms with van der Waals surface area (Å²) in [7, 11) is 0.409. The van der Waals surface area contributed by atoms with Gasteiger partial charge < -0.3 is 15.4 Å². The van der Waals surface area contributed by atoms with E-state index >= 15 is 0 Å². The molecule has 0 saturated heterocycles. The summed E-state index contributed by atoms with van der Waals surface area (Å²) in [6, 6.07) is 0. The van der Waals surface area contributed by atoms with E-state index in [0.717, 1.165) is 32.0 Å². The van der Waals surface area contributed by atoms with Crippen LogP contribution in [0.15, 0.2) is 4.99 Å². The van der Waals surface area contributed by atoms with Crippen molar-refractivity contribution >= 4 is 16.0 Å². The van der Waals surface area contributed by atoms with E-state index in [4.69, 9.17) is 4.74 Å². The number of methoxy groups -OCH3 is 1. The van der Waals surface area contributed by atoms with Crippen molar-refractivity contribution in [2.45, 2.75) is 45.4 Å². The zero-order chi connectivity index (χ0) is 17.9. The van der Waals surface area contributed by atoms with Gasteiger partial charge in [0.1, 0.15) is 0 Å². The average Bonchev–Trinajstić information content (AvgIpc) is 3.04. The van der Waals surface area contributed by atoms with Crippen LogP contribution in [0.3, 0.4) is 0 Å². The molecule has 8 heteroatoms. The molecule has 1 saturated carbocycles. The van der Waals surface area contributed by atoms with Crippen LogP contribution >= 0.6 is 0 Å². The van der Waals surface area contributed by atoms with Gasteiger partial charge in [-0.15, -0.1) is 0 Å². The summed E-state index contributed by atoms with van der Waals surface area (Å²) in [5.41, 5.74) is 0.310. The van der Waals surface area contributed by atoms with Gasteiger partial charge in [-0.1, -0.05) is 12.8 Å². The van der Waals surface area contributed by atoms with Crippen molar-refractivity contribution in [2.75, 3.05) is 46.2 Å². The molecule has 0 unspecified atom stereocenters. The van der Waals surface area contributed by atoms with E-state index in [9.17, 15) is 8.42 Å². The number of nitrogens with zero attached hydrogens (tertiary/aromatic N) is 1. The molecule has 7 nitrogen and oxygen atoms in total. The molecule has 142 valence electrons. The van der Waals surface area contributed by atoms with Crippen molar-refractivity contribution in [1.82, 2.24) is 15.4 Å². The molecular weight excluding hydrogens is 328 g/mol. The second kappa shape index (κ2) is 10.9. The maximum atomic E-state index is 11.3. The van der Waals surface area contributed by atoms with Crippen molar-refractivity contribution in [3.8, 4) is 0 Å². The third-order valence-electron chi connectivity index (χ3n) is 4.70. The minimum Gasteiger partial charge on any atom is -0.385 e. The van der Waals surface area contributed by atoms with Crippen molar-refractivity contribution in [2.24, 2.45) is 10.4 Å². The Balaban J connectivity index is 2.29. The van der Waals surface area contributed by atoms with Crippen molar-refractivity contribution in [3.63, 3.8) is 0 Å². The van der Waals surface area contributed by atoms with E-state index in [0.29, 0.717) is 18.5 Å². The normalized spacial score (nSPS) is 17.9. The topological polar surface area (TPSA) is 91.8 Å². The number of guanidine groups is 1. The van der Waals surface area contributed by atoms with E-state index in [-0.39, 0.29) is 5.75 Å². The van der Waals surface area contributed by atoms with Gasteiger partial charge in [0.15, 0.2) is 5.96 Å². The molecule has 0 bridgehead atoms. The minimum absolute atomic E-state index is 0.118. The lowest BCUT2D eigenvalue weighted by Gasteiger charge is -2.30. The Morgan fingerprint density at radius 1 is 1.21 bits per heavy atom. The quantitative estimate of drug-likeness (QED) is 0.291. The van der Waals surface area contributed by atoms with Gasteiger partial charge in [-0.25, -0.2) is 13.1 Å². The van der Waals surface area contributed by atoms with Crippen LogP contribution in [-0.4, -0.2) is 60.5 Å². The molecule has 1 rings (SSSR count). The molecule has 0 aromatic carbocycles. The minimum atomic E-state index is -3.10. The second-order valence-electron chi connectivity index (χ2n) is 6.45. The Labute approximate surface area is 147 Å². The van der Waals surface area contributed by atoms with Crippen LogP contribution < -0.4 is 15.4 Å². The molecule has 1 aliphatic rings. The molecule has 3 N–H and O–H groups in total. The van der Waals surface area contributed by atoms with Gasteiger partial charge >= 0.3 is 0 Å². The Morgan fingerprint density at radius 3 is 2.50 bits per heavy atom. The first-order chi connectivity index (χ1) is 11.5. The Morgan fingerprint density at radius 2 is 1.92 bits per heavy atom. The van der Waals surface area contributed by atoms with Crippen LogP contribution in [0.4, 0.5) is 0 Å². The molecule has 0 aromatic rings. The van der Waals surface area contributed by atoms with E-state index in [1.807, 2.05) is 0 Å². The summed E-state index contributed by atoms with van der Waals surface area (Å²) in [6.45, 7) is 4.45. The fraction of sp³-hybridized carbons (Fsp3) is 0.938. The van der Waals surface area contributed by atoms with Crippen LogP contribution in [-0.2, 0) is 14.8 Å². The zero-order valence-corrected chi connectivity index (χ0v) is 16.2. The van der Waals surface area contributed by atoms with Crippen LogP contribution in [0, 0.1) is 5.41 Å². The molecule has 0 amide bonds. The Bertz CT molecular complexity index is 474. The van der Waals surface area contributed by atoms with Crippen LogP contribution in [0.5, 0.6) is 0 Å². The highest BCUT2D eigenvalue weighted by atomic mass is 32.2. The van der Waals surface area contributed by atoms with Crippen LogP contribution in [0.2, 0.25) is 0 Å². The lowest BCUT2D eigenvalue weighted by Crippen LogP contribution is -2.44. The van der Waals surface area contributed by atoms with Gasteiger partial charge in [-0.2, -0.15) is 0 Å². The highest BCUT2D eigenvalue weighted by Gasteiger charge is 2.33. The third-order valence-corrected chi connectivity index (χ3v) is 6.11. The van der Waals surface area contributed by atoms with Crippen molar-refractivity contribution in [1.29, 1.82) is 0 Å². The SMILES string of the molecule is CCS(=O)(=O)NCCCNC(=NC)NCC1(CCOC)CCCC1. The standard InChI is InChI=1S/C16H34N4O3S/c1-4-24(21,22)20-12-7-11-18-15(17-2)19-14-16(10-13-23-3)8-5-6-9-16/h20H,4-14H2,1-3H3,(H2,17,18,19). The maximum Gasteiger partial charge on any atom is 0.211 e. The summed E-state index contributed by atoms with van der Waals surface area (Å²) in [6.07, 6.45) is 6.84. The van der Waals surface area contributed by atoms with E-state index < -0.39 is 10.0 Å². The lowest BCUT2D eigenvalue weighted by molar-refractivity contribution is 0.138. The summed E-state index contributed by atoms with van der Waals surface area (Å²) < 4.78 is 30.5. The highest BCUT2D eigenvalue weighted by molar-refractivity contribution is 7.89. The fourth-order valence-electron chi connectivity index (χ4n) is 3.08. The third kappa shape index (κ3) is 7.81. The fourth-order valence-corrected chi connectivity index (χ4v) is 3.73. The number of nitrogens with one attached hydrogen (secondary N) is 3. The van der Waals surface area contributed by atoms with Crippen molar-refractivity contribution < 1.29 is 13.2 Å². The van der Waals surface area contributed by atoms with Crippen molar-refractivity contribution in [3.05, 3.63) is 0 Å². The van der Waals surface area contributed by atoms with Gasteiger partial charge in [0, 0.05) is 40.4 Å². The second-order valence-corrected chi connectivity index (χ2v) is 8.55. The molecule has 0 heterocycles. The average molecular weight is 363 g/mol. The van der Waals surface area contributed by atoms with Crippen LogP contribution in [0.25, 0.3) is 0 Å². The number of sulfonamides is 1. The summed E-state index contributed by atoms with van der Waals surface area (Å²) in [4.78, 5) is 4.25. The van der Waals surface area contributed by atoms with E-state index in [1.54, 1.807) is 21.1 Å². The van der Waals surface area contributed by atoms with Gasteiger partial charge in [-0.05, 0) is 38.0 Å². The van der Waals surface area contributed by atoms with Gasteiger partial charge in [0.2, 0.25) is 10.0 Å². The number of ether oxygens (including phenoxy) is 1. The lowest BCUT2D eigenvalue weighted by atomic mass is 9.83. The number of rotatable bonds is 11. The first-order valence-electron chi connectivity index (χ1n) is 8.88. The Hall–Kier alpha value is -0.860. The number of hydrogen-bond donors (Lipinski definition) is 3. The largest absolute Gasteiger partial charge is 0.385 e. The predicted molar refractivity (Wildman–Crippen MR) is 98.8 cm³/mol. The molecule has 0 spiro atoms. The maximum absolute atomic E-state index is 11.3. The van der Waals surface area contributed by atoms with Gasteiger partial charge in [-0.3, -0.25) is 4.99 Å². The first-order valence-corrected chi connectivity index (χ1v) is 10.5. The molecule has 1 aliphatic carbocycles. The molecule has 1 fully saturated rings. The van der Waals surface area contributed by atoms with E-state index in [1.165, 1.54) is 25.7 Å². The molecule has 0 aromatic heterocycles. The monoisotopic (exact) mass is 362 g/mol. The highest BCUT2D eigenvalue weighted by Crippen LogP contribution is 2.40. The molecule has 0 aliphatic heterocycles. The summed E-state index contributed by atoms with van der Waals surface area (Å²) >= 11 is 0.